The van der Waals surface area contributed by atoms with Crippen LogP contribution in [0.4, 0.5) is 5.69 Å². The van der Waals surface area contributed by atoms with Crippen molar-refractivity contribution in [3.05, 3.63) is 89.5 Å². The molecule has 0 unspecified atom stereocenters. The first-order valence-corrected chi connectivity index (χ1v) is 10.6. The predicted molar refractivity (Wildman–Crippen MR) is 116 cm³/mol. The standard InChI is InChI=1S/C23H21NO5S/c1-16-3-11-20(12-4-16)30(27,28)24-19-9-7-18(8-10-19)21(25)13-5-17-6-14-23(29-2)22(26)15-17/h3-15,24,26H,1-2H3. The van der Waals surface area contributed by atoms with Gasteiger partial charge >= 0.3 is 0 Å². The number of anilines is 1. The van der Waals surface area contributed by atoms with E-state index in [9.17, 15) is 18.3 Å². The second kappa shape index (κ2) is 8.84. The minimum absolute atomic E-state index is 0.0164. The number of nitrogens with one attached hydrogen (secondary N) is 1. The van der Waals surface area contributed by atoms with E-state index in [1.165, 1.54) is 43.5 Å². The van der Waals surface area contributed by atoms with Gasteiger partial charge in [0.25, 0.3) is 10.0 Å². The van der Waals surface area contributed by atoms with E-state index in [0.29, 0.717) is 22.6 Å². The van der Waals surface area contributed by atoms with Crippen molar-refractivity contribution in [1.82, 2.24) is 0 Å². The van der Waals surface area contributed by atoms with Gasteiger partial charge in [-0.15, -0.1) is 0 Å². The highest BCUT2D eigenvalue weighted by Crippen LogP contribution is 2.26. The summed E-state index contributed by atoms with van der Waals surface area (Å²) in [6.45, 7) is 1.88. The average molecular weight is 423 g/mol. The minimum Gasteiger partial charge on any atom is -0.504 e. The van der Waals surface area contributed by atoms with Gasteiger partial charge in [-0.1, -0.05) is 29.8 Å². The van der Waals surface area contributed by atoms with Crippen LogP contribution >= 0.6 is 0 Å². The molecule has 3 rings (SSSR count). The fourth-order valence-corrected chi connectivity index (χ4v) is 3.77. The molecule has 0 spiro atoms. The Labute approximate surface area is 175 Å². The van der Waals surface area contributed by atoms with E-state index in [1.54, 1.807) is 42.5 Å². The Balaban J connectivity index is 1.69. The van der Waals surface area contributed by atoms with Gasteiger partial charge in [0.1, 0.15) is 0 Å². The zero-order valence-corrected chi connectivity index (χ0v) is 17.3. The molecular formula is C23H21NO5S. The molecule has 0 saturated carbocycles. The van der Waals surface area contributed by atoms with Crippen molar-refractivity contribution in [3.8, 4) is 11.5 Å². The monoisotopic (exact) mass is 423 g/mol. The van der Waals surface area contributed by atoms with Gasteiger partial charge in [-0.25, -0.2) is 8.42 Å². The van der Waals surface area contributed by atoms with Crippen LogP contribution in [0.15, 0.2) is 77.7 Å². The van der Waals surface area contributed by atoms with Gasteiger partial charge in [0.2, 0.25) is 0 Å². The Morgan fingerprint density at radius 2 is 1.67 bits per heavy atom. The van der Waals surface area contributed by atoms with Gasteiger partial charge in [0.05, 0.1) is 12.0 Å². The second-order valence-corrected chi connectivity index (χ2v) is 8.31. The lowest BCUT2D eigenvalue weighted by Crippen LogP contribution is -2.13. The molecule has 3 aromatic rings. The van der Waals surface area contributed by atoms with E-state index in [2.05, 4.69) is 4.72 Å². The molecular weight excluding hydrogens is 402 g/mol. The Bertz CT molecular complexity index is 1180. The maximum atomic E-state index is 12.4. The van der Waals surface area contributed by atoms with Crippen LogP contribution in [0.5, 0.6) is 11.5 Å². The number of phenolic OH excluding ortho intramolecular Hbond substituents is 1. The summed E-state index contributed by atoms with van der Waals surface area (Å²) in [6, 6.07) is 17.5. The Kier molecular flexibility index (Phi) is 6.23. The SMILES string of the molecule is COc1ccc(C=CC(=O)c2ccc(NS(=O)(=O)c3ccc(C)cc3)cc2)cc1O. The maximum absolute atomic E-state index is 12.4. The number of ether oxygens (including phenoxy) is 1. The van der Waals surface area contributed by atoms with E-state index in [4.69, 9.17) is 4.74 Å². The zero-order valence-electron chi connectivity index (χ0n) is 16.5. The van der Waals surface area contributed by atoms with Gasteiger partial charge in [-0.2, -0.15) is 0 Å². The van der Waals surface area contributed by atoms with E-state index in [1.807, 2.05) is 6.92 Å². The van der Waals surface area contributed by atoms with Crippen LogP contribution < -0.4 is 9.46 Å². The number of allylic oxidation sites excluding steroid dienone is 1. The average Bonchev–Trinajstić information content (AvgIpc) is 2.72. The van der Waals surface area contributed by atoms with Crippen LogP contribution in [-0.2, 0) is 10.0 Å². The first kappa shape index (κ1) is 21.1. The lowest BCUT2D eigenvalue weighted by molar-refractivity contribution is 0.104. The molecule has 0 aromatic heterocycles. The molecule has 0 amide bonds. The Morgan fingerprint density at radius 1 is 1.00 bits per heavy atom. The number of carbonyl (C=O) groups is 1. The number of rotatable bonds is 7. The number of ketones is 1. The van der Waals surface area contributed by atoms with Crippen LogP contribution in [0.2, 0.25) is 0 Å². The topological polar surface area (TPSA) is 92.7 Å². The molecule has 0 atom stereocenters. The molecule has 7 heteroatoms. The molecule has 3 aromatic carbocycles. The number of methoxy groups -OCH3 is 1. The molecule has 0 radical (unpaired) electrons. The smallest absolute Gasteiger partial charge is 0.261 e. The van der Waals surface area contributed by atoms with Crippen molar-refractivity contribution in [3.63, 3.8) is 0 Å². The van der Waals surface area contributed by atoms with E-state index >= 15 is 0 Å². The number of benzene rings is 3. The molecule has 0 aliphatic rings. The largest absolute Gasteiger partial charge is 0.504 e. The number of hydrogen-bond acceptors (Lipinski definition) is 5. The molecule has 0 fully saturated rings. The number of aromatic hydroxyl groups is 1. The number of phenols is 1. The van der Waals surface area contributed by atoms with E-state index < -0.39 is 10.0 Å². The molecule has 0 aliphatic heterocycles. The lowest BCUT2D eigenvalue weighted by atomic mass is 10.1. The van der Waals surface area contributed by atoms with E-state index in [-0.39, 0.29) is 16.4 Å². The predicted octanol–water partition coefficient (Wildman–Crippen LogP) is 4.41. The van der Waals surface area contributed by atoms with Crippen LogP contribution in [0.1, 0.15) is 21.5 Å². The van der Waals surface area contributed by atoms with Crippen molar-refractivity contribution in [2.24, 2.45) is 0 Å². The van der Waals surface area contributed by atoms with E-state index in [0.717, 1.165) is 5.56 Å². The van der Waals surface area contributed by atoms with Crippen molar-refractivity contribution < 1.29 is 23.1 Å². The van der Waals surface area contributed by atoms with Gasteiger partial charge in [0.15, 0.2) is 17.3 Å². The third kappa shape index (κ3) is 5.07. The maximum Gasteiger partial charge on any atom is 0.261 e. The molecule has 0 saturated heterocycles. The second-order valence-electron chi connectivity index (χ2n) is 6.62. The molecule has 2 N–H and O–H groups in total. The summed E-state index contributed by atoms with van der Waals surface area (Å²) in [5.74, 6) is 0.0812. The Morgan fingerprint density at radius 3 is 2.27 bits per heavy atom. The van der Waals surface area contributed by atoms with Crippen molar-refractivity contribution >= 4 is 27.6 Å². The van der Waals surface area contributed by atoms with Crippen LogP contribution in [-0.4, -0.2) is 26.4 Å². The van der Waals surface area contributed by atoms with Gasteiger partial charge in [-0.05, 0) is 67.1 Å². The fraction of sp³-hybridized carbons (Fsp3) is 0.0870. The number of aryl methyl sites for hydroxylation is 1. The molecule has 6 nitrogen and oxygen atoms in total. The van der Waals surface area contributed by atoms with Crippen molar-refractivity contribution in [2.45, 2.75) is 11.8 Å². The summed E-state index contributed by atoms with van der Waals surface area (Å²) in [5.41, 5.74) is 2.37. The third-order valence-corrected chi connectivity index (χ3v) is 5.78. The lowest BCUT2D eigenvalue weighted by Gasteiger charge is -2.08. The zero-order chi connectivity index (χ0) is 21.7. The van der Waals surface area contributed by atoms with Crippen molar-refractivity contribution in [1.29, 1.82) is 0 Å². The van der Waals surface area contributed by atoms with Crippen LogP contribution in [0, 0.1) is 6.92 Å². The molecule has 30 heavy (non-hydrogen) atoms. The summed E-state index contributed by atoms with van der Waals surface area (Å²) in [4.78, 5) is 12.5. The highest BCUT2D eigenvalue weighted by molar-refractivity contribution is 7.92. The highest BCUT2D eigenvalue weighted by Gasteiger charge is 2.14. The summed E-state index contributed by atoms with van der Waals surface area (Å²) >= 11 is 0. The molecule has 0 heterocycles. The highest BCUT2D eigenvalue weighted by atomic mass is 32.2. The first-order valence-electron chi connectivity index (χ1n) is 9.07. The fourth-order valence-electron chi connectivity index (χ4n) is 2.71. The van der Waals surface area contributed by atoms with Crippen LogP contribution in [0.25, 0.3) is 6.08 Å². The van der Waals surface area contributed by atoms with Crippen LogP contribution in [0.3, 0.4) is 0 Å². The number of carbonyl (C=O) groups excluding carboxylic acids is 1. The van der Waals surface area contributed by atoms with Gasteiger partial charge < -0.3 is 9.84 Å². The summed E-state index contributed by atoms with van der Waals surface area (Å²) in [7, 11) is -2.25. The number of hydrogen-bond donors (Lipinski definition) is 2. The molecule has 0 bridgehead atoms. The Hall–Kier alpha value is -3.58. The minimum atomic E-state index is -3.70. The van der Waals surface area contributed by atoms with Gasteiger partial charge in [0, 0.05) is 11.3 Å². The summed E-state index contributed by atoms with van der Waals surface area (Å²) in [5, 5.41) is 9.79. The summed E-state index contributed by atoms with van der Waals surface area (Å²) < 4.78 is 32.4. The third-order valence-electron chi connectivity index (χ3n) is 4.38. The normalized spacial score (nSPS) is 11.4. The quantitative estimate of drug-likeness (QED) is 0.434. The number of sulfonamides is 1. The first-order chi connectivity index (χ1) is 14.3. The molecule has 154 valence electrons. The van der Waals surface area contributed by atoms with Crippen molar-refractivity contribution in [2.75, 3.05) is 11.8 Å². The summed E-state index contributed by atoms with van der Waals surface area (Å²) in [6.07, 6.45) is 2.96. The molecule has 0 aliphatic carbocycles. The van der Waals surface area contributed by atoms with Gasteiger partial charge in [-0.3, -0.25) is 9.52 Å².